The van der Waals surface area contributed by atoms with Gasteiger partial charge in [0.15, 0.2) is 12.2 Å². The zero-order valence-electron chi connectivity index (χ0n) is 61.7. The molecule has 0 aliphatic rings. The van der Waals surface area contributed by atoms with Crippen molar-refractivity contribution in [3.63, 3.8) is 0 Å². The molecule has 0 aliphatic heterocycles. The van der Waals surface area contributed by atoms with Gasteiger partial charge in [0.1, 0.15) is 19.3 Å². The van der Waals surface area contributed by atoms with Gasteiger partial charge >= 0.3 is 39.5 Å². The molecular formula is C79H138O17P2. The molecule has 0 radical (unpaired) electrons. The topological polar surface area (TPSA) is 237 Å². The van der Waals surface area contributed by atoms with Crippen LogP contribution in [0, 0.1) is 0 Å². The van der Waals surface area contributed by atoms with Crippen molar-refractivity contribution in [2.24, 2.45) is 0 Å². The standard InChI is InChI=1S/C79H138O17P2/c1-5-9-13-17-21-25-29-33-35-36-38-42-44-48-52-56-60-64-77(82)90-70-75(96-79(84)66-62-58-54-50-46-40-32-28-24-20-16-12-8-4)72-94-98(87,88)92-68-73(80)67-91-97(85,86)93-71-74(95-78(83)65-61-57-53-49-45-39-31-27-23-19-15-11-7-3)69-89-76(81)63-59-55-51-47-43-41-37-34-30-26-22-18-14-10-6-2/h9,13,21,25,27-28,31-35,37-38,42,48,52,73-75,80H,5-8,10-12,14-20,22-24,26,29-30,36,39-41,43-47,49-51,53-72H2,1-4H3,(H,85,86)(H,87,88)/b13-9-,25-21-,31-27-,32-28-,35-33-,37-34-,42-38-,52-48-. The van der Waals surface area contributed by atoms with Gasteiger partial charge < -0.3 is 33.8 Å². The Balaban J connectivity index is 5.39. The number of aliphatic hydroxyl groups excluding tert-OH is 1. The SMILES string of the molecule is CC/C=C\C/C=C\C/C=C\C/C=C\C/C=C\CCCC(=O)OCC(COP(=O)(O)OCC(O)COP(=O)(O)OCC(COC(=O)CCCCCCC/C=C\CCCCCCCC)OC(=O)CCCCCCC/C=C\CCCCCC)OC(=O)CCCCCCC/C=C\CCCCCC. The Hall–Kier alpha value is -4.02. The van der Waals surface area contributed by atoms with Gasteiger partial charge in [-0.05, 0) is 141 Å². The third-order valence-corrected chi connectivity index (χ3v) is 17.9. The van der Waals surface area contributed by atoms with Crippen LogP contribution in [0.3, 0.4) is 0 Å². The Bertz CT molecular complexity index is 2240. The molecule has 17 nitrogen and oxygen atoms in total. The van der Waals surface area contributed by atoms with E-state index in [2.05, 4.69) is 113 Å². The fourth-order valence-corrected chi connectivity index (χ4v) is 11.7. The van der Waals surface area contributed by atoms with Gasteiger partial charge in [0.25, 0.3) is 0 Å². The van der Waals surface area contributed by atoms with Crippen molar-refractivity contribution in [3.05, 3.63) is 97.2 Å². The van der Waals surface area contributed by atoms with Crippen LogP contribution in [0.1, 0.15) is 323 Å². The number of phosphoric ester groups is 2. The first-order valence-electron chi connectivity index (χ1n) is 38.5. The van der Waals surface area contributed by atoms with Crippen molar-refractivity contribution < 1.29 is 80.2 Å². The number of carbonyl (C=O) groups is 4. The molecule has 0 rings (SSSR count). The molecule has 19 heteroatoms. The minimum atomic E-state index is -4.99. The highest BCUT2D eigenvalue weighted by Gasteiger charge is 2.30. The first kappa shape index (κ1) is 94.0. The summed E-state index contributed by atoms with van der Waals surface area (Å²) >= 11 is 0. The summed E-state index contributed by atoms with van der Waals surface area (Å²) in [5.41, 5.74) is 0. The molecule has 0 spiro atoms. The number of rotatable bonds is 72. The first-order valence-corrected chi connectivity index (χ1v) is 41.5. The molecule has 0 heterocycles. The van der Waals surface area contributed by atoms with Gasteiger partial charge in [-0.25, -0.2) is 9.13 Å². The lowest BCUT2D eigenvalue weighted by Crippen LogP contribution is -2.30. The Labute approximate surface area is 595 Å². The van der Waals surface area contributed by atoms with Gasteiger partial charge in [0.2, 0.25) is 0 Å². The van der Waals surface area contributed by atoms with Crippen LogP contribution in [0.25, 0.3) is 0 Å². The number of hydrogen-bond acceptors (Lipinski definition) is 15. The van der Waals surface area contributed by atoms with Crippen LogP contribution in [-0.2, 0) is 65.4 Å². The molecule has 0 amide bonds. The van der Waals surface area contributed by atoms with Crippen molar-refractivity contribution in [1.82, 2.24) is 0 Å². The molecule has 3 N–H and O–H groups in total. The minimum absolute atomic E-state index is 0.0723. The smallest absolute Gasteiger partial charge is 0.462 e. The van der Waals surface area contributed by atoms with Crippen molar-refractivity contribution in [3.8, 4) is 0 Å². The Kier molecular flexibility index (Phi) is 68.4. The number of hydrogen-bond donors (Lipinski definition) is 3. The van der Waals surface area contributed by atoms with E-state index in [9.17, 15) is 43.2 Å². The quantitative estimate of drug-likeness (QED) is 0.0169. The number of ether oxygens (including phenoxy) is 4. The molecule has 5 unspecified atom stereocenters. The number of esters is 4. The Morgan fingerprint density at radius 2 is 0.541 bits per heavy atom. The largest absolute Gasteiger partial charge is 0.472 e. The summed E-state index contributed by atoms with van der Waals surface area (Å²) in [6.45, 7) is 4.65. The van der Waals surface area contributed by atoms with Gasteiger partial charge in [0, 0.05) is 25.7 Å². The van der Waals surface area contributed by atoms with E-state index in [1.807, 2.05) is 12.2 Å². The van der Waals surface area contributed by atoms with Crippen LogP contribution < -0.4 is 0 Å². The van der Waals surface area contributed by atoms with Gasteiger partial charge in [-0.3, -0.25) is 37.3 Å². The predicted molar refractivity (Wildman–Crippen MR) is 399 cm³/mol. The van der Waals surface area contributed by atoms with Crippen molar-refractivity contribution in [2.75, 3.05) is 39.6 Å². The number of phosphoric acid groups is 2. The minimum Gasteiger partial charge on any atom is -0.462 e. The zero-order valence-corrected chi connectivity index (χ0v) is 63.5. The number of allylic oxidation sites excluding steroid dienone is 16. The summed E-state index contributed by atoms with van der Waals surface area (Å²) in [4.78, 5) is 72.8. The second kappa shape index (κ2) is 71.4. The van der Waals surface area contributed by atoms with Crippen LogP contribution >= 0.6 is 15.6 Å². The summed E-state index contributed by atoms with van der Waals surface area (Å²) < 4.78 is 68.4. The molecule has 0 aromatic heterocycles. The zero-order chi connectivity index (χ0) is 71.8. The maximum Gasteiger partial charge on any atom is 0.472 e. The summed E-state index contributed by atoms with van der Waals surface area (Å²) in [7, 11) is -9.96. The van der Waals surface area contributed by atoms with Gasteiger partial charge in [-0.15, -0.1) is 0 Å². The summed E-state index contributed by atoms with van der Waals surface area (Å²) in [6, 6.07) is 0. The average Bonchev–Trinajstić information content (AvgIpc) is 0.969. The van der Waals surface area contributed by atoms with Crippen molar-refractivity contribution >= 4 is 39.5 Å². The maximum atomic E-state index is 13.1. The summed E-state index contributed by atoms with van der Waals surface area (Å²) in [5.74, 6) is -2.26. The molecule has 0 fully saturated rings. The maximum absolute atomic E-state index is 13.1. The van der Waals surface area contributed by atoms with E-state index in [0.29, 0.717) is 32.1 Å². The van der Waals surface area contributed by atoms with E-state index in [-0.39, 0.29) is 25.7 Å². The normalized spacial score (nSPS) is 14.5. The highest BCUT2D eigenvalue weighted by atomic mass is 31.2. The van der Waals surface area contributed by atoms with Gasteiger partial charge in [-0.1, -0.05) is 253 Å². The lowest BCUT2D eigenvalue weighted by atomic mass is 10.1. The van der Waals surface area contributed by atoms with Crippen molar-refractivity contribution in [2.45, 2.75) is 341 Å². The molecule has 566 valence electrons. The van der Waals surface area contributed by atoms with E-state index in [0.717, 1.165) is 148 Å². The molecule has 0 bridgehead atoms. The van der Waals surface area contributed by atoms with E-state index < -0.39 is 97.5 Å². The second-order valence-corrected chi connectivity index (χ2v) is 28.5. The molecule has 0 aliphatic carbocycles. The summed E-state index contributed by atoms with van der Waals surface area (Å²) in [6.07, 6.45) is 74.0. The van der Waals surface area contributed by atoms with E-state index in [1.54, 1.807) is 0 Å². The molecular weight excluding hydrogens is 1280 g/mol. The molecule has 0 aromatic rings. The first-order chi connectivity index (χ1) is 47.7. The summed E-state index contributed by atoms with van der Waals surface area (Å²) in [5, 5.41) is 10.6. The third kappa shape index (κ3) is 70.4. The van der Waals surface area contributed by atoms with E-state index >= 15 is 0 Å². The Morgan fingerprint density at radius 3 is 0.878 bits per heavy atom. The fourth-order valence-electron chi connectivity index (χ4n) is 10.1. The van der Waals surface area contributed by atoms with Crippen LogP contribution in [0.4, 0.5) is 0 Å². The van der Waals surface area contributed by atoms with Crippen LogP contribution in [-0.4, -0.2) is 96.7 Å². The lowest BCUT2D eigenvalue weighted by Gasteiger charge is -2.21. The monoisotopic (exact) mass is 1420 g/mol. The van der Waals surface area contributed by atoms with Gasteiger partial charge in [0.05, 0.1) is 26.4 Å². The van der Waals surface area contributed by atoms with Crippen LogP contribution in [0.5, 0.6) is 0 Å². The molecule has 0 saturated heterocycles. The van der Waals surface area contributed by atoms with Gasteiger partial charge in [-0.2, -0.15) is 0 Å². The Morgan fingerprint density at radius 1 is 0.296 bits per heavy atom. The average molecular weight is 1420 g/mol. The fraction of sp³-hybridized carbons (Fsp3) is 0.747. The highest BCUT2D eigenvalue weighted by Crippen LogP contribution is 2.45. The van der Waals surface area contributed by atoms with Crippen molar-refractivity contribution in [1.29, 1.82) is 0 Å². The van der Waals surface area contributed by atoms with Crippen LogP contribution in [0.15, 0.2) is 97.2 Å². The highest BCUT2D eigenvalue weighted by molar-refractivity contribution is 7.47. The lowest BCUT2D eigenvalue weighted by molar-refractivity contribution is -0.161. The second-order valence-electron chi connectivity index (χ2n) is 25.6. The molecule has 0 aromatic carbocycles. The van der Waals surface area contributed by atoms with E-state index in [4.69, 9.17) is 37.0 Å². The van der Waals surface area contributed by atoms with E-state index in [1.165, 1.54) is 89.9 Å². The molecule has 0 saturated carbocycles. The molecule has 98 heavy (non-hydrogen) atoms. The number of unbranched alkanes of at least 4 members (excludes halogenated alkanes) is 30. The van der Waals surface area contributed by atoms with Crippen LogP contribution in [0.2, 0.25) is 0 Å². The third-order valence-electron chi connectivity index (χ3n) is 16.0. The number of carbonyl (C=O) groups excluding carboxylic acids is 4. The predicted octanol–water partition coefficient (Wildman–Crippen LogP) is 22.0. The number of aliphatic hydroxyl groups is 1. The molecule has 5 atom stereocenters.